The number of hydrogen-bond donors (Lipinski definition) is 2. The fraction of sp³-hybridized carbons (Fsp3) is 0.417. The molecule has 1 aliphatic rings. The van der Waals surface area contributed by atoms with E-state index in [0.29, 0.717) is 6.61 Å². The van der Waals surface area contributed by atoms with Gasteiger partial charge in [0.05, 0.1) is 6.61 Å². The molecule has 0 aliphatic carbocycles. The summed E-state index contributed by atoms with van der Waals surface area (Å²) in [6, 6.07) is 5.14. The average molecular weight is 221 g/mol. The molecule has 0 aromatic heterocycles. The van der Waals surface area contributed by atoms with Crippen molar-refractivity contribution in [3.8, 4) is 5.75 Å². The SMILES string of the molecule is CCOc1ccc2c(c1)NC(C(=O)O)C2C. The van der Waals surface area contributed by atoms with Gasteiger partial charge < -0.3 is 15.2 Å². The molecule has 2 N–H and O–H groups in total. The Balaban J connectivity index is 2.29. The minimum Gasteiger partial charge on any atom is -0.494 e. The molecule has 0 radical (unpaired) electrons. The summed E-state index contributed by atoms with van der Waals surface area (Å²) >= 11 is 0. The Bertz CT molecular complexity index is 417. The predicted octanol–water partition coefficient (Wildman–Crippen LogP) is 2.07. The van der Waals surface area contributed by atoms with E-state index >= 15 is 0 Å². The first-order valence-corrected chi connectivity index (χ1v) is 5.39. The first-order chi connectivity index (χ1) is 7.63. The van der Waals surface area contributed by atoms with Gasteiger partial charge in [-0.3, -0.25) is 0 Å². The summed E-state index contributed by atoms with van der Waals surface area (Å²) in [6.45, 7) is 4.44. The molecule has 1 aliphatic heterocycles. The molecular weight excluding hydrogens is 206 g/mol. The van der Waals surface area contributed by atoms with Crippen molar-refractivity contribution in [1.82, 2.24) is 0 Å². The summed E-state index contributed by atoms with van der Waals surface area (Å²) in [5, 5.41) is 12.0. The highest BCUT2D eigenvalue weighted by molar-refractivity contribution is 5.83. The Morgan fingerprint density at radius 2 is 2.31 bits per heavy atom. The van der Waals surface area contributed by atoms with Crippen LogP contribution in [-0.4, -0.2) is 23.7 Å². The minimum absolute atomic E-state index is 0.0109. The van der Waals surface area contributed by atoms with Crippen LogP contribution >= 0.6 is 0 Å². The molecule has 0 saturated heterocycles. The lowest BCUT2D eigenvalue weighted by Crippen LogP contribution is -2.28. The van der Waals surface area contributed by atoms with Crippen molar-refractivity contribution in [3.63, 3.8) is 0 Å². The zero-order valence-electron chi connectivity index (χ0n) is 9.36. The molecule has 16 heavy (non-hydrogen) atoms. The smallest absolute Gasteiger partial charge is 0.326 e. The number of aliphatic carboxylic acids is 1. The van der Waals surface area contributed by atoms with Gasteiger partial charge in [0.1, 0.15) is 11.8 Å². The van der Waals surface area contributed by atoms with Crippen molar-refractivity contribution in [2.24, 2.45) is 0 Å². The molecule has 1 aromatic rings. The van der Waals surface area contributed by atoms with Crippen molar-refractivity contribution >= 4 is 11.7 Å². The third kappa shape index (κ3) is 1.71. The van der Waals surface area contributed by atoms with Gasteiger partial charge in [-0.1, -0.05) is 13.0 Å². The van der Waals surface area contributed by atoms with Gasteiger partial charge in [0.25, 0.3) is 0 Å². The van der Waals surface area contributed by atoms with Crippen LogP contribution in [0.25, 0.3) is 0 Å². The van der Waals surface area contributed by atoms with Crippen LogP contribution in [0.1, 0.15) is 25.3 Å². The fourth-order valence-corrected chi connectivity index (χ4v) is 2.06. The third-order valence-corrected chi connectivity index (χ3v) is 2.90. The molecule has 0 amide bonds. The van der Waals surface area contributed by atoms with Crippen LogP contribution in [0.4, 0.5) is 5.69 Å². The van der Waals surface area contributed by atoms with Gasteiger partial charge >= 0.3 is 5.97 Å². The number of carboxylic acid groups (broad SMARTS) is 1. The van der Waals surface area contributed by atoms with Gasteiger partial charge in [0.2, 0.25) is 0 Å². The monoisotopic (exact) mass is 221 g/mol. The molecule has 0 saturated carbocycles. The summed E-state index contributed by atoms with van der Waals surface area (Å²) in [7, 11) is 0. The number of anilines is 1. The van der Waals surface area contributed by atoms with Gasteiger partial charge in [-0.2, -0.15) is 0 Å². The quantitative estimate of drug-likeness (QED) is 0.820. The van der Waals surface area contributed by atoms with Crippen LogP contribution in [0, 0.1) is 0 Å². The normalized spacial score (nSPS) is 22.4. The summed E-state index contributed by atoms with van der Waals surface area (Å²) in [4.78, 5) is 11.0. The maximum absolute atomic E-state index is 11.0. The largest absolute Gasteiger partial charge is 0.494 e. The van der Waals surface area contributed by atoms with Crippen molar-refractivity contribution < 1.29 is 14.6 Å². The second-order valence-corrected chi connectivity index (χ2v) is 3.93. The van der Waals surface area contributed by atoms with Crippen molar-refractivity contribution in [2.75, 3.05) is 11.9 Å². The molecule has 4 nitrogen and oxygen atoms in total. The lowest BCUT2D eigenvalue weighted by Gasteiger charge is -2.09. The average Bonchev–Trinajstić information content (AvgIpc) is 2.56. The minimum atomic E-state index is -0.818. The maximum atomic E-state index is 11.0. The Labute approximate surface area is 94.2 Å². The first kappa shape index (κ1) is 10.8. The maximum Gasteiger partial charge on any atom is 0.326 e. The van der Waals surface area contributed by atoms with Gasteiger partial charge in [-0.25, -0.2) is 4.79 Å². The molecule has 2 unspecified atom stereocenters. The van der Waals surface area contributed by atoms with Crippen molar-refractivity contribution in [2.45, 2.75) is 25.8 Å². The number of carboxylic acids is 1. The topological polar surface area (TPSA) is 58.6 Å². The van der Waals surface area contributed by atoms with Gasteiger partial charge in [-0.15, -0.1) is 0 Å². The molecule has 2 atom stereocenters. The number of benzene rings is 1. The Morgan fingerprint density at radius 3 is 2.94 bits per heavy atom. The molecule has 0 spiro atoms. The van der Waals surface area contributed by atoms with E-state index in [-0.39, 0.29) is 5.92 Å². The second-order valence-electron chi connectivity index (χ2n) is 3.93. The number of rotatable bonds is 3. The lowest BCUT2D eigenvalue weighted by molar-refractivity contribution is -0.138. The van der Waals surface area contributed by atoms with E-state index < -0.39 is 12.0 Å². The number of nitrogens with one attached hydrogen (secondary N) is 1. The molecule has 4 heteroatoms. The van der Waals surface area contributed by atoms with E-state index in [9.17, 15) is 4.79 Å². The van der Waals surface area contributed by atoms with E-state index in [4.69, 9.17) is 9.84 Å². The summed E-state index contributed by atoms with van der Waals surface area (Å²) in [5.41, 5.74) is 1.90. The van der Waals surface area contributed by atoms with Crippen LogP contribution in [0.2, 0.25) is 0 Å². The van der Waals surface area contributed by atoms with Crippen LogP contribution in [0.5, 0.6) is 5.75 Å². The molecule has 86 valence electrons. The molecule has 1 aromatic carbocycles. The van der Waals surface area contributed by atoms with Crippen molar-refractivity contribution in [3.05, 3.63) is 23.8 Å². The zero-order chi connectivity index (χ0) is 11.7. The van der Waals surface area contributed by atoms with Crippen LogP contribution in [0.15, 0.2) is 18.2 Å². The molecule has 0 fully saturated rings. The van der Waals surface area contributed by atoms with Crippen LogP contribution in [-0.2, 0) is 4.79 Å². The van der Waals surface area contributed by atoms with E-state index in [1.54, 1.807) is 0 Å². The Kier molecular flexibility index (Phi) is 2.73. The van der Waals surface area contributed by atoms with Gasteiger partial charge in [-0.05, 0) is 18.6 Å². The zero-order valence-corrected chi connectivity index (χ0v) is 9.36. The molecule has 2 rings (SSSR count). The van der Waals surface area contributed by atoms with E-state index in [2.05, 4.69) is 5.32 Å². The Hall–Kier alpha value is -1.71. The highest BCUT2D eigenvalue weighted by Gasteiger charge is 2.33. The second kappa shape index (κ2) is 4.04. The van der Waals surface area contributed by atoms with E-state index in [1.165, 1.54) is 0 Å². The number of fused-ring (bicyclic) bond motifs is 1. The van der Waals surface area contributed by atoms with E-state index in [1.807, 2.05) is 32.0 Å². The highest BCUT2D eigenvalue weighted by Crippen LogP contribution is 2.37. The standard InChI is InChI=1S/C12H15NO3/c1-3-16-8-4-5-9-7(2)11(12(14)15)13-10(9)6-8/h4-7,11,13H,3H2,1-2H3,(H,14,15). The van der Waals surface area contributed by atoms with E-state index in [0.717, 1.165) is 17.0 Å². The summed E-state index contributed by atoms with van der Waals surface area (Å²) in [5.74, 6) is -0.0585. The summed E-state index contributed by atoms with van der Waals surface area (Å²) < 4.78 is 5.37. The fourth-order valence-electron chi connectivity index (χ4n) is 2.06. The van der Waals surface area contributed by atoms with Crippen molar-refractivity contribution in [1.29, 1.82) is 0 Å². The highest BCUT2D eigenvalue weighted by atomic mass is 16.5. The third-order valence-electron chi connectivity index (χ3n) is 2.90. The number of hydrogen-bond acceptors (Lipinski definition) is 3. The Morgan fingerprint density at radius 1 is 1.56 bits per heavy atom. The van der Waals surface area contributed by atoms with Gasteiger partial charge in [0.15, 0.2) is 0 Å². The van der Waals surface area contributed by atoms with Gasteiger partial charge in [0, 0.05) is 17.7 Å². The predicted molar refractivity (Wildman–Crippen MR) is 61.1 cm³/mol. The molecule has 0 bridgehead atoms. The van der Waals surface area contributed by atoms with Crippen LogP contribution < -0.4 is 10.1 Å². The number of carbonyl (C=O) groups is 1. The lowest BCUT2D eigenvalue weighted by atomic mass is 9.97. The molecule has 1 heterocycles. The molecular formula is C12H15NO3. The summed E-state index contributed by atoms with van der Waals surface area (Å²) in [6.07, 6.45) is 0. The first-order valence-electron chi connectivity index (χ1n) is 5.39. The number of ether oxygens (including phenoxy) is 1. The van der Waals surface area contributed by atoms with Crippen LogP contribution in [0.3, 0.4) is 0 Å².